The third-order valence-corrected chi connectivity index (χ3v) is 3.15. The van der Waals surface area contributed by atoms with E-state index in [1.54, 1.807) is 7.11 Å². The molecule has 0 bridgehead atoms. The van der Waals surface area contributed by atoms with Gasteiger partial charge >= 0.3 is 0 Å². The fourth-order valence-corrected chi connectivity index (χ4v) is 2.33. The Bertz CT molecular complexity index is 339. The van der Waals surface area contributed by atoms with Crippen LogP contribution in [0.5, 0.6) is 5.75 Å². The van der Waals surface area contributed by atoms with Crippen LogP contribution in [0.4, 0.5) is 0 Å². The number of para-hydroxylation sites is 1. The number of nitrogens with two attached hydrogens (primary N) is 1. The molecule has 0 amide bonds. The summed E-state index contributed by atoms with van der Waals surface area (Å²) in [4.78, 5) is 2.39. The first-order valence-electron chi connectivity index (χ1n) is 6.24. The van der Waals surface area contributed by atoms with E-state index in [0.29, 0.717) is 12.6 Å². The summed E-state index contributed by atoms with van der Waals surface area (Å²) >= 11 is 0. The van der Waals surface area contributed by atoms with E-state index in [1.807, 2.05) is 18.2 Å². The Balaban J connectivity index is 3.07. The molecular weight excluding hydrogens is 212 g/mol. The highest BCUT2D eigenvalue weighted by Crippen LogP contribution is 2.29. The number of nitrogens with zero attached hydrogens (tertiary/aromatic N) is 1. The fraction of sp³-hybridized carbons (Fsp3) is 0.571. The van der Waals surface area contributed by atoms with Crippen molar-refractivity contribution in [2.24, 2.45) is 5.73 Å². The molecule has 0 aliphatic heterocycles. The molecule has 0 aliphatic rings. The van der Waals surface area contributed by atoms with Gasteiger partial charge in [0.05, 0.1) is 13.2 Å². The topological polar surface area (TPSA) is 38.5 Å². The first-order chi connectivity index (χ1) is 8.15. The fourth-order valence-electron chi connectivity index (χ4n) is 2.33. The van der Waals surface area contributed by atoms with E-state index in [4.69, 9.17) is 10.5 Å². The van der Waals surface area contributed by atoms with Crippen molar-refractivity contribution in [1.82, 2.24) is 4.90 Å². The van der Waals surface area contributed by atoms with Crippen molar-refractivity contribution in [1.29, 1.82) is 0 Å². The second-order valence-electron chi connectivity index (χ2n) is 4.42. The molecule has 0 heterocycles. The summed E-state index contributed by atoms with van der Waals surface area (Å²) in [5.41, 5.74) is 7.12. The Labute approximate surface area is 105 Å². The van der Waals surface area contributed by atoms with E-state index >= 15 is 0 Å². The van der Waals surface area contributed by atoms with E-state index in [-0.39, 0.29) is 6.04 Å². The first-order valence-corrected chi connectivity index (χ1v) is 6.24. The largest absolute Gasteiger partial charge is 0.496 e. The number of hydrogen-bond donors (Lipinski definition) is 1. The maximum atomic E-state index is 5.95. The lowest BCUT2D eigenvalue weighted by molar-refractivity contribution is 0.164. The van der Waals surface area contributed by atoms with E-state index in [0.717, 1.165) is 12.3 Å². The van der Waals surface area contributed by atoms with Gasteiger partial charge in [0.1, 0.15) is 5.75 Å². The van der Waals surface area contributed by atoms with Crippen molar-refractivity contribution in [3.05, 3.63) is 29.8 Å². The molecule has 96 valence electrons. The van der Waals surface area contributed by atoms with Gasteiger partial charge in [-0.25, -0.2) is 0 Å². The Morgan fingerprint density at radius 3 is 2.41 bits per heavy atom. The molecule has 1 aromatic rings. The van der Waals surface area contributed by atoms with Crippen molar-refractivity contribution in [3.63, 3.8) is 0 Å². The van der Waals surface area contributed by atoms with Crippen LogP contribution in [-0.2, 0) is 0 Å². The van der Waals surface area contributed by atoms with E-state index in [2.05, 4.69) is 31.7 Å². The molecule has 1 aromatic carbocycles. The zero-order chi connectivity index (χ0) is 12.8. The van der Waals surface area contributed by atoms with Crippen LogP contribution in [0.25, 0.3) is 0 Å². The van der Waals surface area contributed by atoms with Crippen molar-refractivity contribution in [2.75, 3.05) is 20.2 Å². The van der Waals surface area contributed by atoms with Gasteiger partial charge in [0.15, 0.2) is 0 Å². The zero-order valence-corrected chi connectivity index (χ0v) is 11.3. The molecular formula is C14H24N2O. The Hall–Kier alpha value is -1.06. The van der Waals surface area contributed by atoms with Gasteiger partial charge in [-0.05, 0) is 26.5 Å². The lowest BCUT2D eigenvalue weighted by Gasteiger charge is -2.34. The van der Waals surface area contributed by atoms with Crippen LogP contribution >= 0.6 is 0 Å². The molecule has 17 heavy (non-hydrogen) atoms. The minimum Gasteiger partial charge on any atom is -0.496 e. The molecule has 3 nitrogen and oxygen atoms in total. The monoisotopic (exact) mass is 236 g/mol. The normalized spacial score (nSPS) is 13.1. The van der Waals surface area contributed by atoms with E-state index in [1.165, 1.54) is 5.56 Å². The SMILES string of the molecule is CCN(C(C)C)C(CN)c1ccccc1OC. The molecule has 0 aromatic heterocycles. The Morgan fingerprint density at radius 2 is 1.94 bits per heavy atom. The summed E-state index contributed by atoms with van der Waals surface area (Å²) in [5, 5.41) is 0. The van der Waals surface area contributed by atoms with Gasteiger partial charge in [-0.1, -0.05) is 25.1 Å². The molecule has 0 saturated carbocycles. The highest BCUT2D eigenvalue weighted by atomic mass is 16.5. The molecule has 0 saturated heterocycles. The predicted octanol–water partition coefficient (Wildman–Crippen LogP) is 2.43. The summed E-state index contributed by atoms with van der Waals surface area (Å²) in [7, 11) is 1.71. The van der Waals surface area contributed by atoms with E-state index in [9.17, 15) is 0 Å². The van der Waals surface area contributed by atoms with Gasteiger partial charge in [0.25, 0.3) is 0 Å². The molecule has 0 aliphatic carbocycles. The van der Waals surface area contributed by atoms with Crippen LogP contribution in [0.1, 0.15) is 32.4 Å². The number of rotatable bonds is 6. The van der Waals surface area contributed by atoms with Gasteiger partial charge in [-0.3, -0.25) is 4.90 Å². The third-order valence-electron chi connectivity index (χ3n) is 3.15. The van der Waals surface area contributed by atoms with Crippen LogP contribution in [0.2, 0.25) is 0 Å². The maximum Gasteiger partial charge on any atom is 0.123 e. The molecule has 3 heteroatoms. The first kappa shape index (κ1) is 14.0. The van der Waals surface area contributed by atoms with Gasteiger partial charge in [0.2, 0.25) is 0 Å². The molecule has 1 rings (SSSR count). The summed E-state index contributed by atoms with van der Waals surface area (Å²) in [6.45, 7) is 8.14. The average molecular weight is 236 g/mol. The van der Waals surface area contributed by atoms with Crippen LogP contribution in [0, 0.1) is 0 Å². The maximum absolute atomic E-state index is 5.95. The van der Waals surface area contributed by atoms with Crippen molar-refractivity contribution in [3.8, 4) is 5.75 Å². The van der Waals surface area contributed by atoms with Crippen molar-refractivity contribution in [2.45, 2.75) is 32.9 Å². The molecule has 1 atom stereocenters. The summed E-state index contributed by atoms with van der Waals surface area (Å²) in [6.07, 6.45) is 0. The van der Waals surface area contributed by atoms with Crippen LogP contribution in [-0.4, -0.2) is 31.1 Å². The van der Waals surface area contributed by atoms with Crippen molar-refractivity contribution < 1.29 is 4.74 Å². The standard InChI is InChI=1S/C14H24N2O/c1-5-16(11(2)3)13(10-15)12-8-6-7-9-14(12)17-4/h6-9,11,13H,5,10,15H2,1-4H3. The molecule has 1 unspecified atom stereocenters. The number of likely N-dealkylation sites (N-methyl/N-ethyl adjacent to an activating group) is 1. The zero-order valence-electron chi connectivity index (χ0n) is 11.3. The summed E-state index contributed by atoms with van der Waals surface area (Å²) < 4.78 is 5.42. The van der Waals surface area contributed by atoms with E-state index < -0.39 is 0 Å². The number of hydrogen-bond acceptors (Lipinski definition) is 3. The molecule has 0 fully saturated rings. The molecule has 2 N–H and O–H groups in total. The number of benzene rings is 1. The average Bonchev–Trinajstić information content (AvgIpc) is 2.35. The summed E-state index contributed by atoms with van der Waals surface area (Å²) in [6, 6.07) is 8.80. The third kappa shape index (κ3) is 3.20. The molecule has 0 radical (unpaired) electrons. The lowest BCUT2D eigenvalue weighted by Crippen LogP contribution is -2.38. The highest BCUT2D eigenvalue weighted by Gasteiger charge is 2.22. The second kappa shape index (κ2) is 6.62. The lowest BCUT2D eigenvalue weighted by atomic mass is 10.0. The van der Waals surface area contributed by atoms with Crippen LogP contribution in [0.3, 0.4) is 0 Å². The van der Waals surface area contributed by atoms with Gasteiger partial charge in [-0.15, -0.1) is 0 Å². The van der Waals surface area contributed by atoms with Crippen LogP contribution < -0.4 is 10.5 Å². The van der Waals surface area contributed by atoms with Gasteiger partial charge in [0, 0.05) is 18.2 Å². The minimum atomic E-state index is 0.219. The van der Waals surface area contributed by atoms with Gasteiger partial charge in [-0.2, -0.15) is 0 Å². The quantitative estimate of drug-likeness (QED) is 0.824. The number of methoxy groups -OCH3 is 1. The van der Waals surface area contributed by atoms with Crippen LogP contribution in [0.15, 0.2) is 24.3 Å². The minimum absolute atomic E-state index is 0.219. The second-order valence-corrected chi connectivity index (χ2v) is 4.42. The smallest absolute Gasteiger partial charge is 0.123 e. The van der Waals surface area contributed by atoms with Crippen molar-refractivity contribution >= 4 is 0 Å². The highest BCUT2D eigenvalue weighted by molar-refractivity contribution is 5.36. The predicted molar refractivity (Wildman–Crippen MR) is 72.3 cm³/mol. The summed E-state index contributed by atoms with van der Waals surface area (Å²) in [5.74, 6) is 0.919. The molecule has 0 spiro atoms. The Morgan fingerprint density at radius 1 is 1.29 bits per heavy atom. The Kier molecular flexibility index (Phi) is 5.45. The number of ether oxygens (including phenoxy) is 1. The van der Waals surface area contributed by atoms with Gasteiger partial charge < -0.3 is 10.5 Å².